The van der Waals surface area contributed by atoms with Crippen LogP contribution in [0.3, 0.4) is 0 Å². The van der Waals surface area contributed by atoms with Crippen LogP contribution in [0.4, 0.5) is 17.2 Å². The number of aromatic nitrogens is 1. The molecule has 4 rings (SSSR count). The Balaban J connectivity index is 1.55. The highest BCUT2D eigenvalue weighted by atomic mass is 35.5. The first kappa shape index (κ1) is 18.6. The third kappa shape index (κ3) is 4.22. The summed E-state index contributed by atoms with van der Waals surface area (Å²) >= 11 is 6.62. The van der Waals surface area contributed by atoms with Gasteiger partial charge in [-0.3, -0.25) is 0 Å². The third-order valence-electron chi connectivity index (χ3n) is 5.88. The van der Waals surface area contributed by atoms with Gasteiger partial charge < -0.3 is 15.5 Å². The van der Waals surface area contributed by atoms with Crippen LogP contribution in [0, 0.1) is 0 Å². The zero-order chi connectivity index (χ0) is 18.6. The summed E-state index contributed by atoms with van der Waals surface area (Å²) in [5.41, 5.74) is 4.94. The van der Waals surface area contributed by atoms with Crippen LogP contribution < -0.4 is 15.5 Å². The van der Waals surface area contributed by atoms with Crippen molar-refractivity contribution >= 4 is 28.8 Å². The van der Waals surface area contributed by atoms with Crippen molar-refractivity contribution in [2.24, 2.45) is 0 Å². The maximum absolute atomic E-state index is 6.62. The van der Waals surface area contributed by atoms with E-state index in [2.05, 4.69) is 45.8 Å². The number of benzene rings is 1. The molecule has 2 aliphatic rings. The first-order valence-electron chi connectivity index (χ1n) is 10.2. The lowest BCUT2D eigenvalue weighted by atomic mass is 9.95. The van der Waals surface area contributed by atoms with Crippen molar-refractivity contribution in [2.45, 2.75) is 51.0 Å². The highest BCUT2D eigenvalue weighted by Crippen LogP contribution is 2.37. The molecule has 0 spiro atoms. The molecular weight excluding hydrogens is 356 g/mol. The molecule has 144 valence electrons. The van der Waals surface area contributed by atoms with Gasteiger partial charge in [-0.2, -0.15) is 0 Å². The zero-order valence-corrected chi connectivity index (χ0v) is 16.9. The Bertz CT molecular complexity index is 769. The van der Waals surface area contributed by atoms with Gasteiger partial charge in [0.1, 0.15) is 5.82 Å². The van der Waals surface area contributed by atoms with Crippen LogP contribution in [0.5, 0.6) is 0 Å². The Hall–Kier alpha value is -1.78. The largest absolute Gasteiger partial charge is 0.367 e. The van der Waals surface area contributed by atoms with Crippen LogP contribution in [0.25, 0.3) is 0 Å². The maximum atomic E-state index is 6.62. The van der Waals surface area contributed by atoms with Gasteiger partial charge in [0.2, 0.25) is 0 Å². The molecule has 1 saturated carbocycles. The van der Waals surface area contributed by atoms with Gasteiger partial charge in [-0.1, -0.05) is 36.9 Å². The Morgan fingerprint density at radius 3 is 2.67 bits per heavy atom. The van der Waals surface area contributed by atoms with Crippen LogP contribution >= 0.6 is 11.6 Å². The van der Waals surface area contributed by atoms with Crippen LogP contribution in [0.1, 0.15) is 43.2 Å². The molecule has 0 unspecified atom stereocenters. The van der Waals surface area contributed by atoms with Crippen molar-refractivity contribution in [3.05, 3.63) is 46.6 Å². The van der Waals surface area contributed by atoms with Gasteiger partial charge >= 0.3 is 0 Å². The van der Waals surface area contributed by atoms with Crippen LogP contribution in [0.2, 0.25) is 5.02 Å². The van der Waals surface area contributed by atoms with Gasteiger partial charge in [0.15, 0.2) is 0 Å². The van der Waals surface area contributed by atoms with Crippen LogP contribution in [-0.2, 0) is 12.8 Å². The van der Waals surface area contributed by atoms with E-state index in [-0.39, 0.29) is 0 Å². The Morgan fingerprint density at radius 1 is 1.07 bits per heavy atom. The number of pyridine rings is 1. The Kier molecular flexibility index (Phi) is 5.84. The minimum absolute atomic E-state index is 0.571. The summed E-state index contributed by atoms with van der Waals surface area (Å²) in [6, 6.07) is 9.02. The first-order valence-corrected chi connectivity index (χ1v) is 10.6. The van der Waals surface area contributed by atoms with Crippen molar-refractivity contribution < 1.29 is 0 Å². The van der Waals surface area contributed by atoms with Crippen molar-refractivity contribution in [1.29, 1.82) is 0 Å². The molecule has 0 atom stereocenters. The van der Waals surface area contributed by atoms with E-state index in [1.807, 2.05) is 12.3 Å². The van der Waals surface area contributed by atoms with E-state index < -0.39 is 0 Å². The smallest absolute Gasteiger partial charge is 0.126 e. The molecule has 0 saturated heterocycles. The summed E-state index contributed by atoms with van der Waals surface area (Å²) in [5, 5.41) is 7.88. The van der Waals surface area contributed by atoms with Crippen molar-refractivity contribution in [2.75, 3.05) is 30.4 Å². The van der Waals surface area contributed by atoms with E-state index in [9.17, 15) is 0 Å². The van der Waals surface area contributed by atoms with Gasteiger partial charge in [0, 0.05) is 13.1 Å². The van der Waals surface area contributed by atoms with Gasteiger partial charge in [-0.15, -0.1) is 0 Å². The maximum Gasteiger partial charge on any atom is 0.126 e. The molecule has 2 heterocycles. The van der Waals surface area contributed by atoms with Gasteiger partial charge in [-0.05, 0) is 68.1 Å². The predicted octanol–water partition coefficient (Wildman–Crippen LogP) is 4.94. The highest BCUT2D eigenvalue weighted by molar-refractivity contribution is 6.33. The fourth-order valence-corrected chi connectivity index (χ4v) is 4.65. The molecule has 27 heavy (non-hydrogen) atoms. The molecule has 1 aromatic heterocycles. The first-order chi connectivity index (χ1) is 13.2. The van der Waals surface area contributed by atoms with Crippen LogP contribution in [-0.4, -0.2) is 31.2 Å². The number of fused-ring (bicyclic) bond motifs is 1. The molecule has 1 aliphatic heterocycles. The number of rotatable bonds is 4. The van der Waals surface area contributed by atoms with E-state index in [0.29, 0.717) is 6.04 Å². The quantitative estimate of drug-likeness (QED) is 0.783. The minimum Gasteiger partial charge on any atom is -0.367 e. The summed E-state index contributed by atoms with van der Waals surface area (Å²) in [5.74, 6) is 0.973. The molecule has 2 aromatic rings. The summed E-state index contributed by atoms with van der Waals surface area (Å²) in [6.45, 7) is 2.03. The molecule has 1 aromatic carbocycles. The topological polar surface area (TPSA) is 40.2 Å². The second-order valence-electron chi connectivity index (χ2n) is 7.72. The third-order valence-corrected chi connectivity index (χ3v) is 6.19. The lowest BCUT2D eigenvalue weighted by Crippen LogP contribution is -2.22. The minimum atomic E-state index is 0.571. The molecule has 1 aliphatic carbocycles. The van der Waals surface area contributed by atoms with Crippen molar-refractivity contribution in [3.8, 4) is 0 Å². The average Bonchev–Trinajstić information content (AvgIpc) is 2.94. The second-order valence-corrected chi connectivity index (χ2v) is 8.13. The molecular formula is C22H29ClN4. The van der Waals surface area contributed by atoms with Gasteiger partial charge in [0.05, 0.1) is 22.6 Å². The summed E-state index contributed by atoms with van der Waals surface area (Å²) in [4.78, 5) is 6.86. The number of nitrogens with zero attached hydrogens (tertiary/aromatic N) is 2. The van der Waals surface area contributed by atoms with Crippen LogP contribution in [0.15, 0.2) is 30.5 Å². The molecule has 0 bridgehead atoms. The molecule has 1 fully saturated rings. The summed E-state index contributed by atoms with van der Waals surface area (Å²) in [7, 11) is 2.09. The molecule has 2 N–H and O–H groups in total. The number of anilines is 3. The van der Waals surface area contributed by atoms with Crippen molar-refractivity contribution in [1.82, 2.24) is 10.3 Å². The summed E-state index contributed by atoms with van der Waals surface area (Å²) in [6.07, 6.45) is 10.5. The lowest BCUT2D eigenvalue weighted by molar-refractivity contribution is 0.462. The Labute approximate surface area is 167 Å². The van der Waals surface area contributed by atoms with Crippen molar-refractivity contribution in [3.63, 3.8) is 0 Å². The number of hydrogen-bond acceptors (Lipinski definition) is 4. The van der Waals surface area contributed by atoms with E-state index >= 15 is 0 Å². The second kappa shape index (κ2) is 8.49. The Morgan fingerprint density at radius 2 is 1.89 bits per heavy atom. The van der Waals surface area contributed by atoms with Gasteiger partial charge in [-0.25, -0.2) is 4.98 Å². The standard InChI is InChI=1S/C22H29ClN4/c1-27(22-19-12-14-24-13-11-16(19)7-9-20(22)23)18-8-10-21(25-15-18)26-17-5-3-2-4-6-17/h7-10,15,17,24H,2-6,11-14H2,1H3,(H,25,26). The van der Waals surface area contributed by atoms with E-state index in [1.165, 1.54) is 43.2 Å². The zero-order valence-electron chi connectivity index (χ0n) is 16.1. The fourth-order valence-electron chi connectivity index (χ4n) is 4.34. The fraction of sp³-hybridized carbons (Fsp3) is 0.500. The number of nitrogens with one attached hydrogen (secondary N) is 2. The molecule has 0 amide bonds. The lowest BCUT2D eigenvalue weighted by Gasteiger charge is -2.26. The van der Waals surface area contributed by atoms with E-state index in [0.717, 1.165) is 48.1 Å². The molecule has 4 nitrogen and oxygen atoms in total. The van der Waals surface area contributed by atoms with E-state index in [1.54, 1.807) is 0 Å². The highest BCUT2D eigenvalue weighted by Gasteiger charge is 2.19. The molecule has 0 radical (unpaired) electrons. The average molecular weight is 385 g/mol. The van der Waals surface area contributed by atoms with E-state index in [4.69, 9.17) is 11.6 Å². The summed E-state index contributed by atoms with van der Waals surface area (Å²) < 4.78 is 0. The number of halogens is 1. The SMILES string of the molecule is CN(c1ccc(NC2CCCCC2)nc1)c1c(Cl)ccc2c1CCNCC2. The molecule has 5 heteroatoms. The predicted molar refractivity (Wildman–Crippen MR) is 115 cm³/mol. The monoisotopic (exact) mass is 384 g/mol. The number of hydrogen-bond donors (Lipinski definition) is 2. The van der Waals surface area contributed by atoms with Gasteiger partial charge in [0.25, 0.3) is 0 Å². The normalized spacial score (nSPS) is 17.9.